The lowest BCUT2D eigenvalue weighted by atomic mass is 10.2. The maximum Gasteiger partial charge on any atom is 0.332 e. The highest BCUT2D eigenvalue weighted by molar-refractivity contribution is 7.12. The Labute approximate surface area is 135 Å². The zero-order chi connectivity index (χ0) is 16.6. The van der Waals surface area contributed by atoms with Crippen molar-refractivity contribution in [1.29, 1.82) is 0 Å². The molecule has 1 saturated heterocycles. The molecule has 1 aromatic carbocycles. The zero-order valence-corrected chi connectivity index (χ0v) is 13.0. The summed E-state index contributed by atoms with van der Waals surface area (Å²) >= 11 is 1.26. The summed E-state index contributed by atoms with van der Waals surface area (Å²) in [5, 5.41) is 1.76. The molecular formula is C16H13FN2O3S. The summed E-state index contributed by atoms with van der Waals surface area (Å²) in [6, 6.07) is 7.39. The van der Waals surface area contributed by atoms with E-state index in [0.717, 1.165) is 4.90 Å². The van der Waals surface area contributed by atoms with E-state index in [1.165, 1.54) is 40.5 Å². The van der Waals surface area contributed by atoms with Gasteiger partial charge >= 0.3 is 6.03 Å². The number of Topliss-reactive ketones (excluding diaryl/α,β-unsaturated/α-hetero) is 1. The molecule has 1 aliphatic heterocycles. The molecule has 23 heavy (non-hydrogen) atoms. The maximum absolute atomic E-state index is 13.0. The number of hydrogen-bond donors (Lipinski definition) is 0. The van der Waals surface area contributed by atoms with Gasteiger partial charge in [-0.1, -0.05) is 6.07 Å². The molecule has 1 atom stereocenters. The van der Waals surface area contributed by atoms with E-state index >= 15 is 0 Å². The third-order valence-electron chi connectivity index (χ3n) is 3.65. The summed E-state index contributed by atoms with van der Waals surface area (Å²) in [4.78, 5) is 39.7. The lowest BCUT2D eigenvalue weighted by Crippen LogP contribution is -2.36. The SMILES string of the molecule is C[C@H]1C(=O)N(CC(=O)c2cccs2)C(=O)N1c1ccc(F)cc1. The molecule has 0 spiro atoms. The molecule has 0 N–H and O–H groups in total. The summed E-state index contributed by atoms with van der Waals surface area (Å²) in [5.74, 6) is -1.15. The number of thiophene rings is 1. The van der Waals surface area contributed by atoms with Gasteiger partial charge in [-0.15, -0.1) is 11.3 Å². The van der Waals surface area contributed by atoms with Gasteiger partial charge in [0.1, 0.15) is 11.9 Å². The van der Waals surface area contributed by atoms with Gasteiger partial charge in [-0.25, -0.2) is 9.18 Å². The number of carbonyl (C=O) groups is 3. The molecule has 0 saturated carbocycles. The van der Waals surface area contributed by atoms with E-state index in [9.17, 15) is 18.8 Å². The molecule has 2 heterocycles. The van der Waals surface area contributed by atoms with Crippen LogP contribution < -0.4 is 4.90 Å². The minimum atomic E-state index is -0.732. The number of anilines is 1. The van der Waals surface area contributed by atoms with Crippen LogP contribution in [0.1, 0.15) is 16.6 Å². The number of imide groups is 1. The van der Waals surface area contributed by atoms with Gasteiger partial charge in [-0.3, -0.25) is 19.4 Å². The number of amides is 3. The standard InChI is InChI=1S/C16H13FN2O3S/c1-10-15(21)18(9-13(20)14-3-2-8-23-14)16(22)19(10)12-6-4-11(17)5-7-12/h2-8,10H,9H2,1H3/t10-/m0/s1. The maximum atomic E-state index is 13.0. The first-order valence-electron chi connectivity index (χ1n) is 6.96. The van der Waals surface area contributed by atoms with Gasteiger partial charge in [0.15, 0.2) is 5.78 Å². The Balaban J connectivity index is 1.83. The Bertz CT molecular complexity index is 758. The van der Waals surface area contributed by atoms with E-state index in [1.54, 1.807) is 24.4 Å². The molecule has 3 amide bonds. The fraction of sp³-hybridized carbons (Fsp3) is 0.188. The molecule has 5 nitrogen and oxygen atoms in total. The average Bonchev–Trinajstić information content (AvgIpc) is 3.13. The van der Waals surface area contributed by atoms with E-state index < -0.39 is 23.8 Å². The van der Waals surface area contributed by atoms with Gasteiger partial charge in [0.05, 0.1) is 11.4 Å². The van der Waals surface area contributed by atoms with E-state index in [2.05, 4.69) is 0 Å². The van der Waals surface area contributed by atoms with Crippen LogP contribution in [-0.2, 0) is 4.79 Å². The van der Waals surface area contributed by atoms with Crippen molar-refractivity contribution >= 4 is 34.7 Å². The van der Waals surface area contributed by atoms with Crippen LogP contribution in [0.15, 0.2) is 41.8 Å². The number of hydrogen-bond acceptors (Lipinski definition) is 4. The quantitative estimate of drug-likeness (QED) is 0.639. The topological polar surface area (TPSA) is 57.7 Å². The van der Waals surface area contributed by atoms with E-state index in [-0.39, 0.29) is 12.3 Å². The fourth-order valence-electron chi connectivity index (χ4n) is 2.47. The van der Waals surface area contributed by atoms with E-state index in [0.29, 0.717) is 10.6 Å². The minimum absolute atomic E-state index is 0.283. The fourth-order valence-corrected chi connectivity index (χ4v) is 3.12. The van der Waals surface area contributed by atoms with Crippen LogP contribution in [0.3, 0.4) is 0 Å². The first-order chi connectivity index (χ1) is 11.0. The van der Waals surface area contributed by atoms with Crippen molar-refractivity contribution in [2.45, 2.75) is 13.0 Å². The number of ketones is 1. The molecule has 1 fully saturated rings. The van der Waals surface area contributed by atoms with Gasteiger partial charge in [0, 0.05) is 5.69 Å². The lowest BCUT2D eigenvalue weighted by molar-refractivity contribution is -0.126. The third-order valence-corrected chi connectivity index (χ3v) is 4.56. The Morgan fingerprint density at radius 2 is 1.91 bits per heavy atom. The van der Waals surface area contributed by atoms with Crippen LogP contribution in [-0.4, -0.2) is 35.2 Å². The number of rotatable bonds is 4. The number of urea groups is 1. The Morgan fingerprint density at radius 3 is 2.52 bits per heavy atom. The predicted octanol–water partition coefficient (Wildman–Crippen LogP) is 2.93. The Morgan fingerprint density at radius 1 is 1.22 bits per heavy atom. The molecule has 0 aliphatic carbocycles. The first-order valence-corrected chi connectivity index (χ1v) is 7.84. The number of halogens is 1. The second-order valence-corrected chi connectivity index (χ2v) is 6.08. The normalized spacial score (nSPS) is 17.9. The van der Waals surface area contributed by atoms with Gasteiger partial charge < -0.3 is 0 Å². The van der Waals surface area contributed by atoms with E-state index in [4.69, 9.17) is 0 Å². The number of nitrogens with zero attached hydrogens (tertiary/aromatic N) is 2. The highest BCUT2D eigenvalue weighted by Gasteiger charge is 2.44. The van der Waals surface area contributed by atoms with Gasteiger partial charge in [-0.2, -0.15) is 0 Å². The second kappa shape index (κ2) is 5.92. The predicted molar refractivity (Wildman–Crippen MR) is 84.1 cm³/mol. The molecule has 0 radical (unpaired) electrons. The van der Waals surface area contributed by atoms with Crippen LogP contribution in [0.5, 0.6) is 0 Å². The summed E-state index contributed by atoms with van der Waals surface area (Å²) in [5.41, 5.74) is 0.420. The molecule has 2 aromatic rings. The Kier molecular flexibility index (Phi) is 3.96. The number of carbonyl (C=O) groups excluding carboxylic acids is 3. The van der Waals surface area contributed by atoms with Crippen molar-refractivity contribution in [2.24, 2.45) is 0 Å². The van der Waals surface area contributed by atoms with Crippen LogP contribution in [0.4, 0.5) is 14.9 Å². The average molecular weight is 332 g/mol. The molecule has 1 aromatic heterocycles. The Hall–Kier alpha value is -2.54. The molecule has 7 heteroatoms. The highest BCUT2D eigenvalue weighted by atomic mass is 32.1. The van der Waals surface area contributed by atoms with Crippen molar-refractivity contribution in [3.63, 3.8) is 0 Å². The highest BCUT2D eigenvalue weighted by Crippen LogP contribution is 2.26. The molecule has 1 aliphatic rings. The summed E-state index contributed by atoms with van der Waals surface area (Å²) in [7, 11) is 0. The van der Waals surface area contributed by atoms with Crippen LogP contribution in [0.25, 0.3) is 0 Å². The van der Waals surface area contributed by atoms with Gasteiger partial charge in [-0.05, 0) is 42.6 Å². The zero-order valence-electron chi connectivity index (χ0n) is 12.2. The third kappa shape index (κ3) is 2.75. The largest absolute Gasteiger partial charge is 0.332 e. The molecule has 0 unspecified atom stereocenters. The molecule has 3 rings (SSSR count). The lowest BCUT2D eigenvalue weighted by Gasteiger charge is -2.19. The van der Waals surface area contributed by atoms with Gasteiger partial charge in [0.2, 0.25) is 0 Å². The van der Waals surface area contributed by atoms with Crippen molar-refractivity contribution in [2.75, 3.05) is 11.4 Å². The van der Waals surface area contributed by atoms with Crippen LogP contribution in [0, 0.1) is 5.82 Å². The van der Waals surface area contributed by atoms with Crippen molar-refractivity contribution in [3.05, 3.63) is 52.5 Å². The van der Waals surface area contributed by atoms with Crippen molar-refractivity contribution < 1.29 is 18.8 Å². The first kappa shape index (κ1) is 15.4. The summed E-state index contributed by atoms with van der Waals surface area (Å²) < 4.78 is 13.0. The van der Waals surface area contributed by atoms with Crippen molar-refractivity contribution in [3.8, 4) is 0 Å². The molecular weight excluding hydrogens is 319 g/mol. The second-order valence-electron chi connectivity index (χ2n) is 5.13. The van der Waals surface area contributed by atoms with E-state index in [1.807, 2.05) is 0 Å². The molecule has 0 bridgehead atoms. The minimum Gasteiger partial charge on any atom is -0.291 e. The van der Waals surface area contributed by atoms with Crippen LogP contribution >= 0.6 is 11.3 Å². The molecule has 118 valence electrons. The van der Waals surface area contributed by atoms with Crippen molar-refractivity contribution in [1.82, 2.24) is 4.90 Å². The smallest absolute Gasteiger partial charge is 0.291 e. The summed E-state index contributed by atoms with van der Waals surface area (Å²) in [6.45, 7) is 1.29. The summed E-state index contributed by atoms with van der Waals surface area (Å²) in [6.07, 6.45) is 0. The monoisotopic (exact) mass is 332 g/mol. The van der Waals surface area contributed by atoms with Crippen LogP contribution in [0.2, 0.25) is 0 Å². The van der Waals surface area contributed by atoms with Gasteiger partial charge in [0.25, 0.3) is 5.91 Å². The number of benzene rings is 1.